The summed E-state index contributed by atoms with van der Waals surface area (Å²) in [5, 5.41) is 0.162. The molecule has 0 aliphatic heterocycles. The van der Waals surface area contributed by atoms with Gasteiger partial charge in [-0.3, -0.25) is 0 Å². The van der Waals surface area contributed by atoms with E-state index in [0.717, 1.165) is 12.0 Å². The average Bonchev–Trinajstić information content (AvgIpc) is 2.01. The number of hydrogen-bond acceptors (Lipinski definition) is 0. The van der Waals surface area contributed by atoms with Crippen LogP contribution >= 0.6 is 11.6 Å². The summed E-state index contributed by atoms with van der Waals surface area (Å²) in [6, 6.07) is 4.94. The third-order valence-corrected chi connectivity index (χ3v) is 2.62. The highest BCUT2D eigenvalue weighted by atomic mass is 35.5. The summed E-state index contributed by atoms with van der Waals surface area (Å²) in [7, 11) is 0. The standard InChI is InChI=1S/C12H16ClF/c1-8(6-10(3)13)12-5-4-11(14)7-9(12)2/h4-5,7-8,10H,6H2,1-3H3. The van der Waals surface area contributed by atoms with Gasteiger partial charge in [0.25, 0.3) is 0 Å². The van der Waals surface area contributed by atoms with Crippen molar-refractivity contribution in [2.45, 2.75) is 38.5 Å². The summed E-state index contributed by atoms with van der Waals surface area (Å²) in [5.74, 6) is 0.223. The van der Waals surface area contributed by atoms with Crippen LogP contribution in [0.1, 0.15) is 37.3 Å². The van der Waals surface area contributed by atoms with E-state index in [2.05, 4.69) is 6.92 Å². The van der Waals surface area contributed by atoms with Crippen LogP contribution in [0.25, 0.3) is 0 Å². The highest BCUT2D eigenvalue weighted by Gasteiger charge is 2.11. The molecule has 0 amide bonds. The first-order valence-corrected chi connectivity index (χ1v) is 5.34. The third kappa shape index (κ3) is 2.98. The summed E-state index contributed by atoms with van der Waals surface area (Å²) in [6.07, 6.45) is 0.925. The van der Waals surface area contributed by atoms with E-state index < -0.39 is 0 Å². The molecule has 14 heavy (non-hydrogen) atoms. The van der Waals surface area contributed by atoms with Crippen molar-refractivity contribution in [1.29, 1.82) is 0 Å². The molecule has 1 aromatic carbocycles. The molecule has 1 rings (SSSR count). The molecule has 0 saturated heterocycles. The second kappa shape index (κ2) is 4.79. The molecule has 78 valence electrons. The second-order valence-corrected chi connectivity index (χ2v) is 4.66. The molecule has 2 atom stereocenters. The number of benzene rings is 1. The molecule has 0 heterocycles. The minimum Gasteiger partial charge on any atom is -0.207 e. The van der Waals surface area contributed by atoms with E-state index in [9.17, 15) is 4.39 Å². The zero-order chi connectivity index (χ0) is 10.7. The van der Waals surface area contributed by atoms with Crippen LogP contribution in [0.2, 0.25) is 0 Å². The third-order valence-electron chi connectivity index (χ3n) is 2.44. The van der Waals surface area contributed by atoms with Gasteiger partial charge in [0.1, 0.15) is 5.82 Å². The maximum Gasteiger partial charge on any atom is 0.123 e. The van der Waals surface area contributed by atoms with Gasteiger partial charge in [-0.1, -0.05) is 13.0 Å². The van der Waals surface area contributed by atoms with Crippen molar-refractivity contribution in [3.8, 4) is 0 Å². The highest BCUT2D eigenvalue weighted by Crippen LogP contribution is 2.25. The Morgan fingerprint density at radius 1 is 1.36 bits per heavy atom. The molecule has 0 spiro atoms. The zero-order valence-corrected chi connectivity index (χ0v) is 9.61. The van der Waals surface area contributed by atoms with Gasteiger partial charge in [0.15, 0.2) is 0 Å². The van der Waals surface area contributed by atoms with Crippen LogP contribution in [0.5, 0.6) is 0 Å². The van der Waals surface area contributed by atoms with Crippen molar-refractivity contribution in [1.82, 2.24) is 0 Å². The minimum atomic E-state index is -0.169. The lowest BCUT2D eigenvalue weighted by Crippen LogP contribution is -2.02. The van der Waals surface area contributed by atoms with Crippen LogP contribution < -0.4 is 0 Å². The fourth-order valence-corrected chi connectivity index (χ4v) is 2.07. The topological polar surface area (TPSA) is 0 Å². The number of hydrogen-bond donors (Lipinski definition) is 0. The van der Waals surface area contributed by atoms with Crippen molar-refractivity contribution < 1.29 is 4.39 Å². The molecule has 0 aliphatic rings. The fraction of sp³-hybridized carbons (Fsp3) is 0.500. The van der Waals surface area contributed by atoms with Gasteiger partial charge in [0.2, 0.25) is 0 Å². The number of rotatable bonds is 3. The van der Waals surface area contributed by atoms with E-state index in [-0.39, 0.29) is 11.2 Å². The van der Waals surface area contributed by atoms with Crippen molar-refractivity contribution in [2.24, 2.45) is 0 Å². The summed E-state index contributed by atoms with van der Waals surface area (Å²) < 4.78 is 12.8. The molecule has 2 heteroatoms. The summed E-state index contributed by atoms with van der Waals surface area (Å²) in [6.45, 7) is 6.05. The minimum absolute atomic E-state index is 0.162. The molecular weight excluding hydrogens is 199 g/mol. The Bertz CT molecular complexity index is 307. The quantitative estimate of drug-likeness (QED) is 0.660. The first-order valence-electron chi connectivity index (χ1n) is 4.91. The average molecular weight is 215 g/mol. The molecular formula is C12H16ClF. The Morgan fingerprint density at radius 3 is 2.50 bits per heavy atom. The van der Waals surface area contributed by atoms with Crippen LogP contribution in [0, 0.1) is 12.7 Å². The van der Waals surface area contributed by atoms with E-state index >= 15 is 0 Å². The molecule has 0 aromatic heterocycles. The molecule has 0 bridgehead atoms. The SMILES string of the molecule is Cc1cc(F)ccc1C(C)CC(C)Cl. The lowest BCUT2D eigenvalue weighted by molar-refractivity contribution is 0.619. The Hall–Kier alpha value is -0.560. The predicted molar refractivity (Wildman–Crippen MR) is 59.5 cm³/mol. The van der Waals surface area contributed by atoms with Crippen molar-refractivity contribution in [3.63, 3.8) is 0 Å². The van der Waals surface area contributed by atoms with Gasteiger partial charge < -0.3 is 0 Å². The zero-order valence-electron chi connectivity index (χ0n) is 8.85. The van der Waals surface area contributed by atoms with Crippen LogP contribution in [0.3, 0.4) is 0 Å². The fourth-order valence-electron chi connectivity index (χ4n) is 1.81. The second-order valence-electron chi connectivity index (χ2n) is 3.92. The Morgan fingerprint density at radius 2 is 2.00 bits per heavy atom. The molecule has 0 aliphatic carbocycles. The molecule has 1 aromatic rings. The van der Waals surface area contributed by atoms with E-state index in [1.807, 2.05) is 19.9 Å². The van der Waals surface area contributed by atoms with Gasteiger partial charge >= 0.3 is 0 Å². The van der Waals surface area contributed by atoms with E-state index in [1.165, 1.54) is 11.6 Å². The summed E-state index contributed by atoms with van der Waals surface area (Å²) >= 11 is 5.93. The van der Waals surface area contributed by atoms with Gasteiger partial charge in [0, 0.05) is 5.38 Å². The first-order chi connectivity index (χ1) is 6.50. The normalized spacial score (nSPS) is 15.2. The predicted octanol–water partition coefficient (Wildman–Crippen LogP) is 4.26. The van der Waals surface area contributed by atoms with Crippen molar-refractivity contribution >= 4 is 11.6 Å². The van der Waals surface area contributed by atoms with Crippen LogP contribution in [0.4, 0.5) is 4.39 Å². The Kier molecular flexibility index (Phi) is 3.94. The Balaban J connectivity index is 2.84. The molecule has 0 N–H and O–H groups in total. The van der Waals surface area contributed by atoms with Crippen LogP contribution in [-0.4, -0.2) is 5.38 Å². The molecule has 0 nitrogen and oxygen atoms in total. The highest BCUT2D eigenvalue weighted by molar-refractivity contribution is 6.20. The largest absolute Gasteiger partial charge is 0.207 e. The maximum atomic E-state index is 12.8. The van der Waals surface area contributed by atoms with Gasteiger partial charge in [0.05, 0.1) is 0 Å². The first kappa shape index (κ1) is 11.5. The number of halogens is 2. The molecule has 0 saturated carbocycles. The van der Waals surface area contributed by atoms with Gasteiger partial charge in [-0.05, 0) is 49.4 Å². The lowest BCUT2D eigenvalue weighted by atomic mass is 9.93. The van der Waals surface area contributed by atoms with Gasteiger partial charge in [-0.25, -0.2) is 4.39 Å². The smallest absolute Gasteiger partial charge is 0.123 e. The monoisotopic (exact) mass is 214 g/mol. The molecule has 0 radical (unpaired) electrons. The maximum absolute atomic E-state index is 12.8. The van der Waals surface area contributed by atoms with Crippen molar-refractivity contribution in [3.05, 3.63) is 35.1 Å². The number of aryl methyl sites for hydroxylation is 1. The lowest BCUT2D eigenvalue weighted by Gasteiger charge is -2.15. The van der Waals surface area contributed by atoms with E-state index in [0.29, 0.717) is 5.92 Å². The van der Waals surface area contributed by atoms with Gasteiger partial charge in [-0.15, -0.1) is 11.6 Å². The Labute approximate surface area is 90.1 Å². The summed E-state index contributed by atoms with van der Waals surface area (Å²) in [4.78, 5) is 0. The molecule has 2 unspecified atom stereocenters. The van der Waals surface area contributed by atoms with Crippen LogP contribution in [-0.2, 0) is 0 Å². The van der Waals surface area contributed by atoms with E-state index in [1.54, 1.807) is 6.07 Å². The van der Waals surface area contributed by atoms with E-state index in [4.69, 9.17) is 11.6 Å². The number of alkyl halides is 1. The summed E-state index contributed by atoms with van der Waals surface area (Å²) in [5.41, 5.74) is 2.20. The van der Waals surface area contributed by atoms with Crippen LogP contribution in [0.15, 0.2) is 18.2 Å². The van der Waals surface area contributed by atoms with Gasteiger partial charge in [-0.2, -0.15) is 0 Å². The molecule has 0 fully saturated rings. The van der Waals surface area contributed by atoms with Crippen molar-refractivity contribution in [2.75, 3.05) is 0 Å².